The Kier molecular flexibility index (Phi) is 4.86. The largest absolute Gasteiger partial charge is 0.340 e. The summed E-state index contributed by atoms with van der Waals surface area (Å²) in [5.74, 6) is 0.270. The van der Waals surface area contributed by atoms with E-state index in [2.05, 4.69) is 9.71 Å². The summed E-state index contributed by atoms with van der Waals surface area (Å²) in [6, 6.07) is 0. The third-order valence-electron chi connectivity index (χ3n) is 6.13. The average molecular weight is 398 g/mol. The third-order valence-corrected chi connectivity index (χ3v) is 9.14. The number of thiazole rings is 1. The van der Waals surface area contributed by atoms with Crippen molar-refractivity contribution in [3.8, 4) is 0 Å². The molecule has 0 spiro atoms. The highest BCUT2D eigenvalue weighted by Crippen LogP contribution is 2.41. The standard InChI is InChI=1S/C18H27N3O3S2/c1-13-12-25-17(19-13)18(8-4-5-9-18)20-26(23,24)15-10-21(11-15)16(22)14-6-2-3-7-14/h12,14-15,20H,2-11H2,1H3. The van der Waals surface area contributed by atoms with Crippen molar-refractivity contribution in [3.63, 3.8) is 0 Å². The molecule has 0 aromatic carbocycles. The second kappa shape index (κ2) is 6.87. The number of rotatable bonds is 5. The zero-order valence-corrected chi connectivity index (χ0v) is 16.9. The van der Waals surface area contributed by atoms with Crippen molar-refractivity contribution in [2.75, 3.05) is 13.1 Å². The average Bonchev–Trinajstić information content (AvgIpc) is 3.25. The van der Waals surface area contributed by atoms with E-state index >= 15 is 0 Å². The molecule has 1 aromatic heterocycles. The van der Waals surface area contributed by atoms with E-state index in [0.717, 1.165) is 62.1 Å². The molecule has 2 aliphatic carbocycles. The van der Waals surface area contributed by atoms with Gasteiger partial charge in [0.05, 0.1) is 5.54 Å². The van der Waals surface area contributed by atoms with Gasteiger partial charge in [-0.1, -0.05) is 25.7 Å². The number of carbonyl (C=O) groups excluding carboxylic acids is 1. The molecular formula is C18H27N3O3S2. The Morgan fingerprint density at radius 1 is 1.23 bits per heavy atom. The zero-order valence-electron chi connectivity index (χ0n) is 15.2. The summed E-state index contributed by atoms with van der Waals surface area (Å²) in [7, 11) is -3.47. The molecule has 0 bridgehead atoms. The first-order chi connectivity index (χ1) is 12.4. The fourth-order valence-electron chi connectivity index (χ4n) is 4.51. The van der Waals surface area contributed by atoms with Gasteiger partial charge in [-0.05, 0) is 32.6 Å². The number of hydrogen-bond donors (Lipinski definition) is 1. The van der Waals surface area contributed by atoms with E-state index in [4.69, 9.17) is 0 Å². The number of sulfonamides is 1. The maximum absolute atomic E-state index is 13.0. The van der Waals surface area contributed by atoms with Gasteiger partial charge in [-0.25, -0.2) is 18.1 Å². The van der Waals surface area contributed by atoms with Crippen molar-refractivity contribution >= 4 is 27.3 Å². The molecule has 3 fully saturated rings. The number of carbonyl (C=O) groups is 1. The normalized spacial score (nSPS) is 24.1. The third kappa shape index (κ3) is 3.31. The van der Waals surface area contributed by atoms with E-state index in [9.17, 15) is 13.2 Å². The molecule has 1 saturated heterocycles. The van der Waals surface area contributed by atoms with Gasteiger partial charge in [0.2, 0.25) is 15.9 Å². The molecule has 2 saturated carbocycles. The molecule has 0 atom stereocenters. The molecule has 6 nitrogen and oxygen atoms in total. The van der Waals surface area contributed by atoms with Crippen LogP contribution in [0.5, 0.6) is 0 Å². The van der Waals surface area contributed by atoms with E-state index in [1.807, 2.05) is 12.3 Å². The predicted octanol–water partition coefficient (Wildman–Crippen LogP) is 2.54. The van der Waals surface area contributed by atoms with E-state index in [1.54, 1.807) is 16.2 Å². The summed E-state index contributed by atoms with van der Waals surface area (Å²) in [5, 5.41) is 2.37. The number of hydrogen-bond acceptors (Lipinski definition) is 5. The summed E-state index contributed by atoms with van der Waals surface area (Å²) >= 11 is 1.54. The Balaban J connectivity index is 1.43. The van der Waals surface area contributed by atoms with Gasteiger partial charge < -0.3 is 4.90 Å². The molecule has 2 heterocycles. The maximum Gasteiger partial charge on any atom is 0.225 e. The summed E-state index contributed by atoms with van der Waals surface area (Å²) in [6.07, 6.45) is 7.77. The van der Waals surface area contributed by atoms with E-state index in [-0.39, 0.29) is 11.8 Å². The van der Waals surface area contributed by atoms with Crippen LogP contribution in [0, 0.1) is 12.8 Å². The van der Waals surface area contributed by atoms with Crippen LogP contribution in [0.4, 0.5) is 0 Å². The van der Waals surface area contributed by atoms with Gasteiger partial charge in [-0.3, -0.25) is 4.79 Å². The van der Waals surface area contributed by atoms with Gasteiger partial charge in [0, 0.05) is 30.1 Å². The molecule has 3 aliphatic rings. The monoisotopic (exact) mass is 397 g/mol. The molecule has 0 radical (unpaired) electrons. The zero-order chi connectivity index (χ0) is 18.4. The van der Waals surface area contributed by atoms with Crippen LogP contribution in [0.15, 0.2) is 5.38 Å². The van der Waals surface area contributed by atoms with Crippen LogP contribution in [0.1, 0.15) is 62.1 Å². The highest BCUT2D eigenvalue weighted by Gasteiger charge is 2.47. The number of nitrogens with one attached hydrogen (secondary N) is 1. The second-order valence-electron chi connectivity index (χ2n) is 8.08. The summed E-state index contributed by atoms with van der Waals surface area (Å²) in [6.45, 7) is 2.60. The van der Waals surface area contributed by atoms with Crippen molar-refractivity contribution in [1.82, 2.24) is 14.6 Å². The van der Waals surface area contributed by atoms with Crippen molar-refractivity contribution in [2.45, 2.75) is 69.1 Å². The number of amides is 1. The molecule has 1 aromatic rings. The van der Waals surface area contributed by atoms with Crippen LogP contribution < -0.4 is 4.72 Å². The minimum absolute atomic E-state index is 0.117. The number of aromatic nitrogens is 1. The lowest BCUT2D eigenvalue weighted by molar-refractivity contribution is -0.138. The minimum atomic E-state index is -3.47. The van der Waals surface area contributed by atoms with Gasteiger partial charge in [0.1, 0.15) is 10.3 Å². The lowest BCUT2D eigenvalue weighted by Crippen LogP contribution is -2.62. The van der Waals surface area contributed by atoms with Crippen LogP contribution >= 0.6 is 11.3 Å². The number of aryl methyl sites for hydroxylation is 1. The Bertz CT molecular complexity index is 771. The van der Waals surface area contributed by atoms with E-state index in [1.165, 1.54) is 0 Å². The fraction of sp³-hybridized carbons (Fsp3) is 0.778. The number of likely N-dealkylation sites (tertiary alicyclic amines) is 1. The SMILES string of the molecule is Cc1csc(C2(NS(=O)(=O)C3CN(C(=O)C4CCCC4)C3)CCCC2)n1. The van der Waals surface area contributed by atoms with Crippen molar-refractivity contribution < 1.29 is 13.2 Å². The van der Waals surface area contributed by atoms with Crippen LogP contribution in [0.2, 0.25) is 0 Å². The Labute approximate surface area is 159 Å². The van der Waals surface area contributed by atoms with Crippen LogP contribution in [0.3, 0.4) is 0 Å². The first kappa shape index (κ1) is 18.4. The van der Waals surface area contributed by atoms with Gasteiger partial charge in [0.15, 0.2) is 0 Å². The molecular weight excluding hydrogens is 370 g/mol. The highest BCUT2D eigenvalue weighted by molar-refractivity contribution is 7.90. The van der Waals surface area contributed by atoms with E-state index < -0.39 is 20.8 Å². The highest BCUT2D eigenvalue weighted by atomic mass is 32.2. The molecule has 1 N–H and O–H groups in total. The minimum Gasteiger partial charge on any atom is -0.340 e. The first-order valence-corrected chi connectivity index (χ1v) is 12.1. The van der Waals surface area contributed by atoms with E-state index in [0.29, 0.717) is 13.1 Å². The van der Waals surface area contributed by atoms with Gasteiger partial charge in [-0.15, -0.1) is 11.3 Å². The van der Waals surface area contributed by atoms with Crippen molar-refractivity contribution in [3.05, 3.63) is 16.1 Å². The van der Waals surface area contributed by atoms with Crippen LogP contribution in [-0.2, 0) is 20.4 Å². The molecule has 1 aliphatic heterocycles. The predicted molar refractivity (Wildman–Crippen MR) is 101 cm³/mol. The lowest BCUT2D eigenvalue weighted by atomic mass is 10.0. The topological polar surface area (TPSA) is 79.4 Å². The van der Waals surface area contributed by atoms with Crippen molar-refractivity contribution in [1.29, 1.82) is 0 Å². The molecule has 4 rings (SSSR count). The smallest absolute Gasteiger partial charge is 0.225 e. The molecule has 0 unspecified atom stereocenters. The van der Waals surface area contributed by atoms with Crippen LogP contribution in [0.25, 0.3) is 0 Å². The lowest BCUT2D eigenvalue weighted by Gasteiger charge is -2.41. The van der Waals surface area contributed by atoms with Gasteiger partial charge >= 0.3 is 0 Å². The molecule has 26 heavy (non-hydrogen) atoms. The number of nitrogens with zero attached hydrogens (tertiary/aromatic N) is 2. The first-order valence-electron chi connectivity index (χ1n) is 9.64. The maximum atomic E-state index is 13.0. The fourth-order valence-corrected chi connectivity index (χ4v) is 7.35. The van der Waals surface area contributed by atoms with Crippen molar-refractivity contribution in [2.24, 2.45) is 5.92 Å². The Hall–Kier alpha value is -0.990. The van der Waals surface area contributed by atoms with Crippen LogP contribution in [-0.4, -0.2) is 42.5 Å². The second-order valence-corrected chi connectivity index (χ2v) is 10.9. The van der Waals surface area contributed by atoms with Gasteiger partial charge in [-0.2, -0.15) is 0 Å². The summed E-state index contributed by atoms with van der Waals surface area (Å²) < 4.78 is 29.0. The molecule has 1 amide bonds. The summed E-state index contributed by atoms with van der Waals surface area (Å²) in [5.41, 5.74) is 0.389. The molecule has 144 valence electrons. The Morgan fingerprint density at radius 3 is 2.46 bits per heavy atom. The quantitative estimate of drug-likeness (QED) is 0.828. The van der Waals surface area contributed by atoms with Gasteiger partial charge in [0.25, 0.3) is 0 Å². The molecule has 8 heteroatoms. The Morgan fingerprint density at radius 2 is 1.88 bits per heavy atom. The summed E-state index contributed by atoms with van der Waals surface area (Å²) in [4.78, 5) is 18.7.